The highest BCUT2D eigenvalue weighted by Crippen LogP contribution is 2.27. The highest BCUT2D eigenvalue weighted by atomic mass is 79.9. The molecule has 0 aliphatic carbocycles. The van der Waals surface area contributed by atoms with E-state index in [9.17, 15) is 4.39 Å². The van der Waals surface area contributed by atoms with Crippen molar-refractivity contribution in [2.24, 2.45) is 0 Å². The third-order valence-corrected chi connectivity index (χ3v) is 4.98. The van der Waals surface area contributed by atoms with Crippen LogP contribution < -0.4 is 0 Å². The van der Waals surface area contributed by atoms with Crippen molar-refractivity contribution in [1.29, 1.82) is 0 Å². The van der Waals surface area contributed by atoms with Gasteiger partial charge in [-0.1, -0.05) is 11.6 Å². The number of hydrogen-bond donors (Lipinski definition) is 0. The Balaban J connectivity index is 1.78. The minimum atomic E-state index is -0.486. The summed E-state index contributed by atoms with van der Waals surface area (Å²) in [5.74, 6) is 0.680. The van der Waals surface area contributed by atoms with Crippen molar-refractivity contribution in [1.82, 2.24) is 24.1 Å². The summed E-state index contributed by atoms with van der Waals surface area (Å²) in [5, 5.41) is 0.598. The van der Waals surface area contributed by atoms with Gasteiger partial charge in [0.1, 0.15) is 17.1 Å². The van der Waals surface area contributed by atoms with Crippen LogP contribution in [0.3, 0.4) is 0 Å². The lowest BCUT2D eigenvalue weighted by Crippen LogP contribution is -2.04. The second kappa shape index (κ2) is 7.17. The van der Waals surface area contributed by atoms with Gasteiger partial charge in [0.05, 0.1) is 36.6 Å². The Morgan fingerprint density at radius 1 is 1.12 bits per heavy atom. The number of aryl methyl sites for hydroxylation is 1. The maximum Gasteiger partial charge on any atom is 0.142 e. The van der Waals surface area contributed by atoms with Crippen LogP contribution in [0.1, 0.15) is 5.56 Å². The van der Waals surface area contributed by atoms with Crippen LogP contribution in [0.2, 0.25) is 5.02 Å². The van der Waals surface area contributed by atoms with Crippen molar-refractivity contribution < 1.29 is 4.39 Å². The van der Waals surface area contributed by atoms with Gasteiger partial charge in [0, 0.05) is 23.0 Å². The summed E-state index contributed by atoms with van der Waals surface area (Å²) in [4.78, 5) is 13.1. The van der Waals surface area contributed by atoms with Crippen molar-refractivity contribution in [3.63, 3.8) is 0 Å². The average molecular weight is 435 g/mol. The van der Waals surface area contributed by atoms with Crippen LogP contribution in [0.25, 0.3) is 22.4 Å². The van der Waals surface area contributed by atoms with Crippen molar-refractivity contribution >= 4 is 38.6 Å². The summed E-state index contributed by atoms with van der Waals surface area (Å²) in [6, 6.07) is 7.45. The Hall–Kier alpha value is -2.25. The van der Waals surface area contributed by atoms with E-state index in [0.717, 1.165) is 26.8 Å². The average Bonchev–Trinajstić information content (AvgIpc) is 3.20. The molecule has 3 aromatic heterocycles. The third-order valence-electron chi connectivity index (χ3n) is 4.09. The van der Waals surface area contributed by atoms with Gasteiger partial charge in [-0.05, 0) is 45.8 Å². The van der Waals surface area contributed by atoms with Gasteiger partial charge < -0.3 is 9.13 Å². The molecule has 8 heteroatoms. The SMILES string of the molecule is FCCn1c(-c2cncc(Cn3cncc3Br)c2)nc2ccc(Cl)cc21. The van der Waals surface area contributed by atoms with Gasteiger partial charge in [0.2, 0.25) is 0 Å². The van der Waals surface area contributed by atoms with E-state index < -0.39 is 6.67 Å². The van der Waals surface area contributed by atoms with Gasteiger partial charge in [0.25, 0.3) is 0 Å². The summed E-state index contributed by atoms with van der Waals surface area (Å²) < 4.78 is 17.8. The molecule has 0 bridgehead atoms. The fourth-order valence-electron chi connectivity index (χ4n) is 2.94. The van der Waals surface area contributed by atoms with Crippen LogP contribution >= 0.6 is 27.5 Å². The van der Waals surface area contributed by atoms with Gasteiger partial charge in [0.15, 0.2) is 0 Å². The number of rotatable bonds is 5. The molecule has 0 aliphatic heterocycles. The molecule has 0 aliphatic rings. The molecule has 0 atom stereocenters. The number of aromatic nitrogens is 5. The minimum Gasteiger partial charge on any atom is -0.321 e. The monoisotopic (exact) mass is 433 g/mol. The van der Waals surface area contributed by atoms with Crippen LogP contribution in [-0.4, -0.2) is 30.8 Å². The first-order valence-corrected chi connectivity index (χ1v) is 9.14. The number of benzene rings is 1. The first kappa shape index (κ1) is 17.2. The van der Waals surface area contributed by atoms with Crippen molar-refractivity contribution in [2.45, 2.75) is 13.1 Å². The van der Waals surface area contributed by atoms with E-state index in [1.807, 2.05) is 27.3 Å². The Labute approximate surface area is 162 Å². The molecule has 0 amide bonds. The normalized spacial score (nSPS) is 11.3. The summed E-state index contributed by atoms with van der Waals surface area (Å²) >= 11 is 9.56. The molecule has 0 fully saturated rings. The molecule has 4 rings (SSSR count). The maximum absolute atomic E-state index is 13.1. The Kier molecular flexibility index (Phi) is 4.74. The molecule has 26 heavy (non-hydrogen) atoms. The Morgan fingerprint density at radius 3 is 2.77 bits per heavy atom. The van der Waals surface area contributed by atoms with E-state index in [1.165, 1.54) is 0 Å². The molecule has 4 aromatic rings. The first-order valence-electron chi connectivity index (χ1n) is 7.97. The molecule has 132 valence electrons. The number of imidazole rings is 2. The molecule has 0 N–H and O–H groups in total. The molecule has 0 saturated heterocycles. The number of hydrogen-bond acceptors (Lipinski definition) is 3. The van der Waals surface area contributed by atoms with E-state index >= 15 is 0 Å². The van der Waals surface area contributed by atoms with Crippen molar-refractivity contribution in [3.05, 3.63) is 64.4 Å². The van der Waals surface area contributed by atoms with Crippen molar-refractivity contribution in [2.75, 3.05) is 6.67 Å². The molecule has 5 nitrogen and oxygen atoms in total. The first-order chi connectivity index (χ1) is 12.7. The summed E-state index contributed by atoms with van der Waals surface area (Å²) in [7, 11) is 0. The predicted molar refractivity (Wildman–Crippen MR) is 103 cm³/mol. The second-order valence-corrected chi connectivity index (χ2v) is 7.08. The minimum absolute atomic E-state index is 0.212. The van der Waals surface area contributed by atoms with Gasteiger partial charge in [-0.15, -0.1) is 0 Å². The highest BCUT2D eigenvalue weighted by molar-refractivity contribution is 9.10. The second-order valence-electron chi connectivity index (χ2n) is 5.84. The van der Waals surface area contributed by atoms with Crippen LogP contribution in [0.15, 0.2) is 53.8 Å². The number of halogens is 3. The predicted octanol–water partition coefficient (Wildman–Crippen LogP) is 4.73. The lowest BCUT2D eigenvalue weighted by Gasteiger charge is -2.09. The maximum atomic E-state index is 13.1. The summed E-state index contributed by atoms with van der Waals surface area (Å²) in [6.45, 7) is 0.347. The molecule has 0 spiro atoms. The molecule has 1 aromatic carbocycles. The van der Waals surface area contributed by atoms with Crippen LogP contribution in [0, 0.1) is 0 Å². The highest BCUT2D eigenvalue weighted by Gasteiger charge is 2.14. The van der Waals surface area contributed by atoms with Crippen molar-refractivity contribution in [3.8, 4) is 11.4 Å². The van der Waals surface area contributed by atoms with E-state index in [1.54, 1.807) is 31.0 Å². The van der Waals surface area contributed by atoms with E-state index in [4.69, 9.17) is 11.6 Å². The van der Waals surface area contributed by atoms with Gasteiger partial charge in [-0.25, -0.2) is 14.4 Å². The molecule has 0 unspecified atom stereocenters. The molecular formula is C18H14BrClFN5. The Bertz CT molecular complexity index is 1070. The van der Waals surface area contributed by atoms with Gasteiger partial charge >= 0.3 is 0 Å². The van der Waals surface area contributed by atoms with Crippen LogP contribution in [0.5, 0.6) is 0 Å². The van der Waals surface area contributed by atoms with E-state index in [-0.39, 0.29) is 6.54 Å². The fourth-order valence-corrected chi connectivity index (χ4v) is 3.44. The summed E-state index contributed by atoms with van der Waals surface area (Å²) in [6.07, 6.45) is 7.03. The van der Waals surface area contributed by atoms with Crippen LogP contribution in [-0.2, 0) is 13.1 Å². The zero-order valence-corrected chi connectivity index (χ0v) is 16.0. The zero-order chi connectivity index (χ0) is 18.1. The number of alkyl halides is 1. The smallest absolute Gasteiger partial charge is 0.142 e. The van der Waals surface area contributed by atoms with Gasteiger partial charge in [-0.2, -0.15) is 0 Å². The van der Waals surface area contributed by atoms with E-state index in [2.05, 4.69) is 30.9 Å². The molecule has 0 saturated carbocycles. The summed E-state index contributed by atoms with van der Waals surface area (Å²) in [5.41, 5.74) is 3.42. The molecule has 3 heterocycles. The van der Waals surface area contributed by atoms with Gasteiger partial charge in [-0.3, -0.25) is 4.98 Å². The number of nitrogens with zero attached hydrogens (tertiary/aromatic N) is 5. The quantitative estimate of drug-likeness (QED) is 0.456. The van der Waals surface area contributed by atoms with E-state index in [0.29, 0.717) is 17.4 Å². The topological polar surface area (TPSA) is 48.5 Å². The molecule has 0 radical (unpaired) electrons. The lowest BCUT2D eigenvalue weighted by atomic mass is 10.2. The Morgan fingerprint density at radius 2 is 2.00 bits per heavy atom. The lowest BCUT2D eigenvalue weighted by molar-refractivity contribution is 0.451. The third kappa shape index (κ3) is 3.24. The largest absolute Gasteiger partial charge is 0.321 e. The number of pyridine rings is 1. The fraction of sp³-hybridized carbons (Fsp3) is 0.167. The zero-order valence-electron chi connectivity index (χ0n) is 13.6. The van der Waals surface area contributed by atoms with Crippen LogP contribution in [0.4, 0.5) is 4.39 Å². The molecular weight excluding hydrogens is 421 g/mol. The number of fused-ring (bicyclic) bond motifs is 1. The standard InChI is InChI=1S/C18H14BrClFN5/c19-17-9-23-11-25(17)10-12-5-13(8-22-7-12)18-24-15-2-1-14(20)6-16(15)26(18)4-3-21/h1-2,5-9,11H,3-4,10H2.